The highest BCUT2D eigenvalue weighted by Gasteiger charge is 2.13. The molecule has 0 saturated heterocycles. The Bertz CT molecular complexity index is 637. The number of benzene rings is 1. The van der Waals surface area contributed by atoms with Gasteiger partial charge in [0.2, 0.25) is 5.91 Å². The minimum Gasteiger partial charge on any atom is -0.486 e. The zero-order valence-electron chi connectivity index (χ0n) is 11.1. The van der Waals surface area contributed by atoms with Crippen molar-refractivity contribution in [1.29, 1.82) is 0 Å². The van der Waals surface area contributed by atoms with Gasteiger partial charge >= 0.3 is 0 Å². The molecule has 1 amide bonds. The number of amides is 1. The van der Waals surface area contributed by atoms with Crippen LogP contribution in [0.15, 0.2) is 41.8 Å². The number of hydrogen-bond acceptors (Lipinski definition) is 6. The first kappa shape index (κ1) is 13.7. The molecule has 1 aliphatic heterocycles. The number of hydrogen-bond donors (Lipinski definition) is 1. The van der Waals surface area contributed by atoms with E-state index in [0.717, 1.165) is 0 Å². The Morgan fingerprint density at radius 2 is 1.95 bits per heavy atom. The average Bonchev–Trinajstić information content (AvgIpc) is 2.54. The van der Waals surface area contributed by atoms with Crippen molar-refractivity contribution in [3.63, 3.8) is 0 Å². The summed E-state index contributed by atoms with van der Waals surface area (Å²) in [6.45, 7) is 1.07. The van der Waals surface area contributed by atoms with Gasteiger partial charge in [-0.1, -0.05) is 11.8 Å². The average molecular weight is 303 g/mol. The molecule has 2 aromatic rings. The number of nitrogens with zero attached hydrogens (tertiary/aromatic N) is 2. The molecule has 0 bridgehead atoms. The van der Waals surface area contributed by atoms with Crippen molar-refractivity contribution in [2.75, 3.05) is 24.3 Å². The molecule has 6 nitrogen and oxygen atoms in total. The van der Waals surface area contributed by atoms with Crippen LogP contribution in [0.1, 0.15) is 0 Å². The van der Waals surface area contributed by atoms with Gasteiger partial charge in [0.15, 0.2) is 16.7 Å². The summed E-state index contributed by atoms with van der Waals surface area (Å²) < 4.78 is 10.9. The molecule has 7 heteroatoms. The standard InChI is InChI=1S/C14H13N3O3S/c18-13(9-21-14-15-4-1-5-16-14)17-10-2-3-11-12(8-10)20-7-6-19-11/h1-5,8H,6-7,9H2,(H,17,18). The summed E-state index contributed by atoms with van der Waals surface area (Å²) >= 11 is 1.29. The summed E-state index contributed by atoms with van der Waals surface area (Å²) in [7, 11) is 0. The molecule has 2 heterocycles. The highest BCUT2D eigenvalue weighted by Crippen LogP contribution is 2.32. The molecule has 1 N–H and O–H groups in total. The molecular weight excluding hydrogens is 290 g/mol. The van der Waals surface area contributed by atoms with Crippen molar-refractivity contribution in [2.24, 2.45) is 0 Å². The summed E-state index contributed by atoms with van der Waals surface area (Å²) in [5, 5.41) is 3.39. The normalized spacial score (nSPS) is 12.8. The number of carbonyl (C=O) groups excluding carboxylic acids is 1. The molecule has 0 atom stereocenters. The number of anilines is 1. The van der Waals surface area contributed by atoms with Crippen LogP contribution in [0, 0.1) is 0 Å². The summed E-state index contributed by atoms with van der Waals surface area (Å²) in [6.07, 6.45) is 3.29. The number of ether oxygens (including phenoxy) is 2. The van der Waals surface area contributed by atoms with Crippen molar-refractivity contribution in [1.82, 2.24) is 9.97 Å². The van der Waals surface area contributed by atoms with Crippen LogP contribution in [0.2, 0.25) is 0 Å². The van der Waals surface area contributed by atoms with Gasteiger partial charge < -0.3 is 14.8 Å². The first-order valence-electron chi connectivity index (χ1n) is 6.40. The van der Waals surface area contributed by atoms with Crippen LogP contribution >= 0.6 is 11.8 Å². The predicted molar refractivity (Wildman–Crippen MR) is 78.8 cm³/mol. The Morgan fingerprint density at radius 3 is 2.76 bits per heavy atom. The minimum absolute atomic E-state index is 0.121. The molecule has 21 heavy (non-hydrogen) atoms. The maximum absolute atomic E-state index is 11.9. The second-order valence-electron chi connectivity index (χ2n) is 4.23. The van der Waals surface area contributed by atoms with Crippen LogP contribution in [0.3, 0.4) is 0 Å². The van der Waals surface area contributed by atoms with Gasteiger partial charge in [-0.25, -0.2) is 9.97 Å². The van der Waals surface area contributed by atoms with E-state index < -0.39 is 0 Å². The SMILES string of the molecule is O=C(CSc1ncccn1)Nc1ccc2c(c1)OCCO2. The Kier molecular flexibility index (Phi) is 4.20. The van der Waals surface area contributed by atoms with Crippen LogP contribution in [0.25, 0.3) is 0 Å². The molecule has 0 radical (unpaired) electrons. The van der Waals surface area contributed by atoms with E-state index in [1.807, 2.05) is 0 Å². The van der Waals surface area contributed by atoms with E-state index in [1.54, 1.807) is 36.7 Å². The van der Waals surface area contributed by atoms with Gasteiger partial charge in [0.1, 0.15) is 13.2 Å². The van der Waals surface area contributed by atoms with Crippen molar-refractivity contribution in [3.05, 3.63) is 36.7 Å². The Morgan fingerprint density at radius 1 is 1.19 bits per heavy atom. The van der Waals surface area contributed by atoms with Crippen LogP contribution < -0.4 is 14.8 Å². The number of rotatable bonds is 4. The van der Waals surface area contributed by atoms with Gasteiger partial charge in [-0.15, -0.1) is 0 Å². The van der Waals surface area contributed by atoms with Crippen molar-refractivity contribution in [2.45, 2.75) is 5.16 Å². The van der Waals surface area contributed by atoms with E-state index in [9.17, 15) is 4.79 Å². The number of nitrogens with one attached hydrogen (secondary N) is 1. The van der Waals surface area contributed by atoms with Gasteiger partial charge in [-0.05, 0) is 18.2 Å². The molecule has 1 aromatic carbocycles. The highest BCUT2D eigenvalue weighted by atomic mass is 32.2. The molecule has 0 aliphatic carbocycles. The number of carbonyl (C=O) groups is 1. The lowest BCUT2D eigenvalue weighted by atomic mass is 10.2. The van der Waals surface area contributed by atoms with E-state index in [2.05, 4.69) is 15.3 Å². The van der Waals surface area contributed by atoms with Gasteiger partial charge in [-0.3, -0.25) is 4.79 Å². The molecule has 0 spiro atoms. The minimum atomic E-state index is -0.121. The molecule has 0 unspecified atom stereocenters. The Hall–Kier alpha value is -2.28. The lowest BCUT2D eigenvalue weighted by molar-refractivity contribution is -0.113. The van der Waals surface area contributed by atoms with Crippen molar-refractivity contribution < 1.29 is 14.3 Å². The predicted octanol–water partition coefficient (Wildman–Crippen LogP) is 1.98. The fraction of sp³-hybridized carbons (Fsp3) is 0.214. The van der Waals surface area contributed by atoms with E-state index in [4.69, 9.17) is 9.47 Å². The highest BCUT2D eigenvalue weighted by molar-refractivity contribution is 7.99. The third-order valence-corrected chi connectivity index (χ3v) is 3.58. The largest absolute Gasteiger partial charge is 0.486 e. The molecule has 3 rings (SSSR count). The monoisotopic (exact) mass is 303 g/mol. The Balaban J connectivity index is 1.57. The van der Waals surface area contributed by atoms with Crippen LogP contribution in [-0.2, 0) is 4.79 Å². The Labute approximate surface area is 125 Å². The van der Waals surface area contributed by atoms with Crippen LogP contribution in [0.4, 0.5) is 5.69 Å². The molecule has 1 aliphatic rings. The molecule has 108 valence electrons. The lowest BCUT2D eigenvalue weighted by Gasteiger charge is -2.18. The smallest absolute Gasteiger partial charge is 0.234 e. The van der Waals surface area contributed by atoms with Crippen molar-refractivity contribution >= 4 is 23.4 Å². The topological polar surface area (TPSA) is 73.3 Å². The second kappa shape index (κ2) is 6.45. The summed E-state index contributed by atoms with van der Waals surface area (Å²) in [4.78, 5) is 20.0. The van der Waals surface area contributed by atoms with E-state index in [0.29, 0.717) is 35.6 Å². The zero-order chi connectivity index (χ0) is 14.5. The van der Waals surface area contributed by atoms with Gasteiger partial charge in [0.25, 0.3) is 0 Å². The number of aromatic nitrogens is 2. The van der Waals surface area contributed by atoms with Gasteiger partial charge in [0.05, 0.1) is 5.75 Å². The molecule has 0 saturated carbocycles. The summed E-state index contributed by atoms with van der Waals surface area (Å²) in [5.74, 6) is 1.48. The van der Waals surface area contributed by atoms with E-state index >= 15 is 0 Å². The van der Waals surface area contributed by atoms with E-state index in [-0.39, 0.29) is 11.7 Å². The van der Waals surface area contributed by atoms with Crippen molar-refractivity contribution in [3.8, 4) is 11.5 Å². The second-order valence-corrected chi connectivity index (χ2v) is 5.17. The van der Waals surface area contributed by atoms with Crippen LogP contribution in [-0.4, -0.2) is 34.8 Å². The lowest BCUT2D eigenvalue weighted by Crippen LogP contribution is -2.17. The number of fused-ring (bicyclic) bond motifs is 1. The van der Waals surface area contributed by atoms with Gasteiger partial charge in [-0.2, -0.15) is 0 Å². The van der Waals surface area contributed by atoms with Gasteiger partial charge in [0, 0.05) is 24.1 Å². The third-order valence-electron chi connectivity index (χ3n) is 2.70. The fourth-order valence-electron chi connectivity index (χ4n) is 1.81. The third kappa shape index (κ3) is 3.63. The zero-order valence-corrected chi connectivity index (χ0v) is 11.9. The number of thioether (sulfide) groups is 1. The molecule has 0 fully saturated rings. The summed E-state index contributed by atoms with van der Waals surface area (Å²) in [6, 6.07) is 7.07. The molecule has 1 aromatic heterocycles. The fourth-order valence-corrected chi connectivity index (χ4v) is 2.41. The van der Waals surface area contributed by atoms with Crippen LogP contribution in [0.5, 0.6) is 11.5 Å². The first-order valence-corrected chi connectivity index (χ1v) is 7.39. The van der Waals surface area contributed by atoms with E-state index in [1.165, 1.54) is 11.8 Å². The maximum Gasteiger partial charge on any atom is 0.234 e. The molecular formula is C14H13N3O3S. The quantitative estimate of drug-likeness (QED) is 0.688. The first-order chi connectivity index (χ1) is 10.3. The summed E-state index contributed by atoms with van der Waals surface area (Å²) in [5.41, 5.74) is 0.679. The maximum atomic E-state index is 11.9.